The quantitative estimate of drug-likeness (QED) is 0.256. The van der Waals surface area contributed by atoms with E-state index in [1.165, 1.54) is 0 Å². The Morgan fingerprint density at radius 2 is 1.16 bits per heavy atom. The Balaban J connectivity index is 2.11. The molecule has 18 heteroatoms. The molecule has 0 bridgehead atoms. The summed E-state index contributed by atoms with van der Waals surface area (Å²) in [5, 5.41) is -5.61. The van der Waals surface area contributed by atoms with Crippen LogP contribution in [-0.2, 0) is 58.7 Å². The van der Waals surface area contributed by atoms with Crippen LogP contribution in [0.3, 0.4) is 0 Å². The molecular formula is C13H14N2O14S2. The lowest BCUT2D eigenvalue weighted by Crippen LogP contribution is -2.37. The largest absolute Gasteiger partial charge is 0.333 e. The molecule has 4 amide bonds. The van der Waals surface area contributed by atoms with Crippen LogP contribution in [0.15, 0.2) is 0 Å². The van der Waals surface area contributed by atoms with Gasteiger partial charge in [-0.15, -0.1) is 10.1 Å². The summed E-state index contributed by atoms with van der Waals surface area (Å²) in [4.78, 5) is 79.7. The number of nitrogens with zero attached hydrogens (tertiary/aromatic N) is 2. The lowest BCUT2D eigenvalue weighted by atomic mass is 10.2. The van der Waals surface area contributed by atoms with Crippen LogP contribution in [0.5, 0.6) is 0 Å². The third-order valence-corrected chi connectivity index (χ3v) is 5.83. The summed E-state index contributed by atoms with van der Waals surface area (Å²) in [6.45, 7) is 0. The minimum atomic E-state index is -5.09. The number of hydrogen-bond donors (Lipinski definition) is 2. The highest BCUT2D eigenvalue weighted by molar-refractivity contribution is 7.87. The SMILES string of the molecule is [2H]C([2H])(CC([2H])([2H])C(=O)ON1C(=O)CC(S(=O)(=O)O)C1=O)C(=O)ON1C(=O)CC(S(=O)(=O)O)C1=O. The summed E-state index contributed by atoms with van der Waals surface area (Å²) < 4.78 is 92.5. The minimum absolute atomic E-state index is 0.469. The van der Waals surface area contributed by atoms with Gasteiger partial charge in [0.05, 0.1) is 12.8 Å². The summed E-state index contributed by atoms with van der Waals surface area (Å²) in [5.74, 6) is -10.8. The third kappa shape index (κ3) is 5.60. The van der Waals surface area contributed by atoms with Gasteiger partial charge in [0.2, 0.25) is 0 Å². The van der Waals surface area contributed by atoms with Crippen molar-refractivity contribution < 1.29 is 69.9 Å². The van der Waals surface area contributed by atoms with Crippen molar-refractivity contribution in [3.8, 4) is 0 Å². The fourth-order valence-corrected chi connectivity index (χ4v) is 3.65. The Morgan fingerprint density at radius 1 is 0.839 bits per heavy atom. The van der Waals surface area contributed by atoms with Crippen molar-refractivity contribution in [1.29, 1.82) is 0 Å². The maximum absolute atomic E-state index is 12.1. The minimum Gasteiger partial charge on any atom is -0.330 e. The fourth-order valence-electron chi connectivity index (χ4n) is 2.24. The third-order valence-electron chi connectivity index (χ3n) is 3.66. The van der Waals surface area contributed by atoms with Gasteiger partial charge in [0.1, 0.15) is 0 Å². The zero-order valence-electron chi connectivity index (χ0n) is 18.8. The van der Waals surface area contributed by atoms with Gasteiger partial charge in [0, 0.05) is 18.2 Å². The number of carbonyl (C=O) groups is 6. The predicted molar refractivity (Wildman–Crippen MR) is 89.6 cm³/mol. The van der Waals surface area contributed by atoms with Gasteiger partial charge in [-0.1, -0.05) is 0 Å². The Labute approximate surface area is 179 Å². The second-order valence-corrected chi connectivity index (χ2v) is 8.95. The van der Waals surface area contributed by atoms with E-state index in [-0.39, 0.29) is 0 Å². The van der Waals surface area contributed by atoms with Crippen LogP contribution in [0.25, 0.3) is 0 Å². The molecule has 0 aromatic rings. The average molecular weight is 490 g/mol. The van der Waals surface area contributed by atoms with Gasteiger partial charge in [-0.3, -0.25) is 28.3 Å². The fraction of sp³-hybridized carbons (Fsp3) is 0.538. The second-order valence-electron chi connectivity index (χ2n) is 5.76. The lowest BCUT2D eigenvalue weighted by Gasteiger charge is -2.14. The van der Waals surface area contributed by atoms with Crippen LogP contribution < -0.4 is 0 Å². The van der Waals surface area contributed by atoms with Crippen LogP contribution in [0, 0.1) is 0 Å². The van der Waals surface area contributed by atoms with Gasteiger partial charge in [-0.2, -0.15) is 16.8 Å². The van der Waals surface area contributed by atoms with Gasteiger partial charge >= 0.3 is 11.9 Å². The van der Waals surface area contributed by atoms with Gasteiger partial charge in [0.25, 0.3) is 43.9 Å². The number of hydrogen-bond acceptors (Lipinski definition) is 12. The van der Waals surface area contributed by atoms with E-state index >= 15 is 0 Å². The molecule has 2 aliphatic heterocycles. The predicted octanol–water partition coefficient (Wildman–Crippen LogP) is -2.90. The van der Waals surface area contributed by atoms with E-state index in [0.717, 1.165) is 0 Å². The van der Waals surface area contributed by atoms with Gasteiger partial charge in [-0.05, 0) is 6.42 Å². The molecule has 172 valence electrons. The molecule has 2 atom stereocenters. The molecular weight excluding hydrogens is 472 g/mol. The molecule has 0 radical (unpaired) electrons. The molecule has 2 rings (SSSR count). The zero-order valence-corrected chi connectivity index (χ0v) is 16.4. The first-order valence-corrected chi connectivity index (χ1v) is 10.7. The standard InChI is InChI=1S/C13H14N2O14S2/c16-8-4-6(30(22,23)24)12(20)14(8)28-10(18)2-1-3-11(19)29-15-9(17)5-7(13(15)21)31(25,26)27/h6-7H,1-5H2,(H,22,23,24)(H,25,26,27)/i2D2,3D2. The number of imide groups is 2. The monoisotopic (exact) mass is 490 g/mol. The average Bonchev–Trinajstić information content (AvgIpc) is 3.11. The molecule has 2 fully saturated rings. The van der Waals surface area contributed by atoms with Crippen molar-refractivity contribution in [1.82, 2.24) is 10.1 Å². The maximum Gasteiger partial charge on any atom is 0.333 e. The van der Waals surface area contributed by atoms with Crippen molar-refractivity contribution in [3.63, 3.8) is 0 Å². The van der Waals surface area contributed by atoms with Crippen molar-refractivity contribution in [2.75, 3.05) is 0 Å². The highest BCUT2D eigenvalue weighted by Gasteiger charge is 2.49. The van der Waals surface area contributed by atoms with E-state index in [1.807, 2.05) is 0 Å². The smallest absolute Gasteiger partial charge is 0.330 e. The van der Waals surface area contributed by atoms with Crippen LogP contribution in [0.1, 0.15) is 37.5 Å². The normalized spacial score (nSPS) is 25.1. The van der Waals surface area contributed by atoms with Gasteiger partial charge in [0.15, 0.2) is 10.5 Å². The zero-order chi connectivity index (χ0) is 27.3. The molecule has 0 aromatic carbocycles. The van der Waals surface area contributed by atoms with Gasteiger partial charge < -0.3 is 9.68 Å². The van der Waals surface area contributed by atoms with E-state index in [9.17, 15) is 45.6 Å². The van der Waals surface area contributed by atoms with Crippen LogP contribution in [0.2, 0.25) is 0 Å². The van der Waals surface area contributed by atoms with E-state index in [1.54, 1.807) is 0 Å². The summed E-state index contributed by atoms with van der Waals surface area (Å²) >= 11 is 0. The van der Waals surface area contributed by atoms with Crippen LogP contribution in [-0.4, -0.2) is 82.1 Å². The number of rotatable bonds is 8. The Hall–Kier alpha value is -2.96. The molecule has 0 spiro atoms. The summed E-state index contributed by atoms with van der Waals surface area (Å²) in [6.07, 6.45) is -11.1. The molecule has 2 unspecified atom stereocenters. The molecule has 16 nitrogen and oxygen atoms in total. The molecule has 0 saturated carbocycles. The first-order valence-electron chi connectivity index (χ1n) is 9.70. The molecule has 0 aliphatic carbocycles. The Morgan fingerprint density at radius 3 is 1.42 bits per heavy atom. The highest BCUT2D eigenvalue weighted by Crippen LogP contribution is 2.21. The highest BCUT2D eigenvalue weighted by atomic mass is 32.2. The topological polar surface area (TPSA) is 236 Å². The molecule has 2 heterocycles. The summed E-state index contributed by atoms with van der Waals surface area (Å²) in [6, 6.07) is 0. The Bertz CT molecular complexity index is 1140. The van der Waals surface area contributed by atoms with E-state index in [4.69, 9.17) is 14.6 Å². The molecule has 2 aliphatic rings. The Kier molecular flexibility index (Phi) is 5.24. The first kappa shape index (κ1) is 18.8. The van der Waals surface area contributed by atoms with Crippen molar-refractivity contribution in [2.24, 2.45) is 0 Å². The molecule has 2 saturated heterocycles. The van der Waals surface area contributed by atoms with Crippen LogP contribution in [0.4, 0.5) is 0 Å². The summed E-state index contributed by atoms with van der Waals surface area (Å²) in [5.41, 5.74) is 0. The first-order chi connectivity index (χ1) is 15.6. The maximum atomic E-state index is 12.1. The molecule has 2 N–H and O–H groups in total. The molecule has 31 heavy (non-hydrogen) atoms. The van der Waals surface area contributed by atoms with Gasteiger partial charge in [-0.25, -0.2) is 9.59 Å². The summed E-state index contributed by atoms with van der Waals surface area (Å²) in [7, 11) is -10.2. The van der Waals surface area contributed by atoms with E-state index in [0.29, 0.717) is 0 Å². The number of carbonyl (C=O) groups excluding carboxylic acids is 6. The number of amides is 4. The molecule has 0 aromatic heterocycles. The van der Waals surface area contributed by atoms with E-state index in [2.05, 4.69) is 9.68 Å². The van der Waals surface area contributed by atoms with Crippen molar-refractivity contribution in [2.45, 2.75) is 42.5 Å². The van der Waals surface area contributed by atoms with Crippen molar-refractivity contribution >= 4 is 55.8 Å². The van der Waals surface area contributed by atoms with Crippen LogP contribution >= 0.6 is 0 Å². The lowest BCUT2D eigenvalue weighted by molar-refractivity contribution is -0.199. The van der Waals surface area contributed by atoms with E-state index < -0.39 is 108 Å². The number of hydroxylamine groups is 4. The van der Waals surface area contributed by atoms with Crippen molar-refractivity contribution in [3.05, 3.63) is 0 Å². The second kappa shape index (κ2) is 8.65.